The highest BCUT2D eigenvalue weighted by Crippen LogP contribution is 1.96. The van der Waals surface area contributed by atoms with Gasteiger partial charge in [-0.25, -0.2) is 5.01 Å². The molecule has 0 saturated carbocycles. The van der Waals surface area contributed by atoms with E-state index in [1.165, 1.54) is 17.9 Å². The summed E-state index contributed by atoms with van der Waals surface area (Å²) in [5.74, 6) is 0. The molecule has 0 aliphatic carbocycles. The van der Waals surface area contributed by atoms with Crippen LogP contribution in [0.2, 0.25) is 0 Å². The molecule has 1 amide bonds. The van der Waals surface area contributed by atoms with Crippen LogP contribution in [-0.4, -0.2) is 24.7 Å². The van der Waals surface area contributed by atoms with Crippen molar-refractivity contribution in [2.45, 2.75) is 32.6 Å². The number of amides is 1. The van der Waals surface area contributed by atoms with E-state index in [2.05, 4.69) is 12.0 Å². The highest BCUT2D eigenvalue weighted by Gasteiger charge is 1.84. The van der Waals surface area contributed by atoms with E-state index >= 15 is 0 Å². The molecule has 0 spiro atoms. The fourth-order valence-electron chi connectivity index (χ4n) is 0.699. The Morgan fingerprint density at radius 2 is 2.18 bits per heavy atom. The Morgan fingerprint density at radius 1 is 1.45 bits per heavy atom. The number of hydrogen-bond acceptors (Lipinski definition) is 2. The van der Waals surface area contributed by atoms with Crippen LogP contribution in [-0.2, 0) is 4.79 Å². The maximum Gasteiger partial charge on any atom is 0.229 e. The molecule has 0 aromatic heterocycles. The van der Waals surface area contributed by atoms with Crippen LogP contribution in [0.3, 0.4) is 0 Å². The predicted molar refractivity (Wildman–Crippen MR) is 46.5 cm³/mol. The predicted octanol–water partition coefficient (Wildman–Crippen LogP) is 1.64. The lowest BCUT2D eigenvalue weighted by atomic mass is 10.2. The van der Waals surface area contributed by atoms with Crippen LogP contribution in [0.1, 0.15) is 32.6 Å². The zero-order valence-corrected chi connectivity index (χ0v) is 7.29. The van der Waals surface area contributed by atoms with Gasteiger partial charge < -0.3 is 0 Å². The number of carbonyl (C=O) groups excluding carboxylic acids is 1. The van der Waals surface area contributed by atoms with Crippen molar-refractivity contribution >= 4 is 12.6 Å². The minimum Gasteiger partial charge on any atom is -0.277 e. The molecular weight excluding hydrogens is 140 g/mol. The number of hydrazone groups is 1. The van der Waals surface area contributed by atoms with Gasteiger partial charge in [-0.05, 0) is 12.8 Å². The molecule has 3 nitrogen and oxygen atoms in total. The average Bonchev–Trinajstić information content (AvgIpc) is 2.04. The van der Waals surface area contributed by atoms with Crippen molar-refractivity contribution in [1.82, 2.24) is 5.01 Å². The van der Waals surface area contributed by atoms with E-state index in [1.54, 1.807) is 13.3 Å². The van der Waals surface area contributed by atoms with Gasteiger partial charge in [0, 0.05) is 13.3 Å². The summed E-state index contributed by atoms with van der Waals surface area (Å²) in [7, 11) is 1.63. The molecule has 0 heterocycles. The van der Waals surface area contributed by atoms with Gasteiger partial charge in [0.05, 0.1) is 0 Å². The van der Waals surface area contributed by atoms with Crippen molar-refractivity contribution in [2.75, 3.05) is 7.05 Å². The lowest BCUT2D eigenvalue weighted by Crippen LogP contribution is -2.06. The van der Waals surface area contributed by atoms with E-state index in [0.29, 0.717) is 6.41 Å². The molecule has 0 radical (unpaired) electrons. The van der Waals surface area contributed by atoms with Crippen molar-refractivity contribution in [3.8, 4) is 0 Å². The quantitative estimate of drug-likeness (QED) is 0.249. The molecule has 0 N–H and O–H groups in total. The van der Waals surface area contributed by atoms with Gasteiger partial charge >= 0.3 is 0 Å². The van der Waals surface area contributed by atoms with Crippen molar-refractivity contribution in [3.63, 3.8) is 0 Å². The van der Waals surface area contributed by atoms with Crippen LogP contribution in [0.4, 0.5) is 0 Å². The summed E-state index contributed by atoms with van der Waals surface area (Å²) >= 11 is 0. The maximum atomic E-state index is 10.0. The highest BCUT2D eigenvalue weighted by atomic mass is 16.1. The standard InChI is InChI=1S/C8H16N2O/c1-3-4-5-6-7-9-10(2)8-11/h7-8H,3-6H2,1-2H3/b9-7-. The number of hydrogen-bond donors (Lipinski definition) is 0. The molecule has 0 aliphatic heterocycles. The first-order valence-electron chi connectivity index (χ1n) is 4.01. The Labute approximate surface area is 68.1 Å². The minimum absolute atomic E-state index is 0.691. The first-order chi connectivity index (χ1) is 5.31. The SMILES string of the molecule is CCCCC/C=N\N(C)C=O. The molecule has 0 aromatic rings. The normalized spacial score (nSPS) is 10.4. The smallest absolute Gasteiger partial charge is 0.229 e. The van der Waals surface area contributed by atoms with Gasteiger partial charge in [-0.15, -0.1) is 0 Å². The Kier molecular flexibility index (Phi) is 6.68. The molecular formula is C8H16N2O. The zero-order valence-electron chi connectivity index (χ0n) is 7.29. The molecule has 0 unspecified atom stereocenters. The molecule has 0 rings (SSSR count). The van der Waals surface area contributed by atoms with Crippen molar-refractivity contribution < 1.29 is 4.79 Å². The summed E-state index contributed by atoms with van der Waals surface area (Å²) in [6.45, 7) is 2.16. The molecule has 0 aromatic carbocycles. The van der Waals surface area contributed by atoms with Gasteiger partial charge in [-0.3, -0.25) is 4.79 Å². The van der Waals surface area contributed by atoms with Gasteiger partial charge in [0.25, 0.3) is 0 Å². The third-order valence-electron chi connectivity index (χ3n) is 1.35. The van der Waals surface area contributed by atoms with Gasteiger partial charge in [0.15, 0.2) is 0 Å². The largest absolute Gasteiger partial charge is 0.277 e. The van der Waals surface area contributed by atoms with Crippen molar-refractivity contribution in [2.24, 2.45) is 5.10 Å². The third kappa shape index (κ3) is 7.03. The molecule has 64 valence electrons. The van der Waals surface area contributed by atoms with Crippen LogP contribution in [0.25, 0.3) is 0 Å². The van der Waals surface area contributed by atoms with Crippen LogP contribution in [0.15, 0.2) is 5.10 Å². The van der Waals surface area contributed by atoms with Crippen LogP contribution >= 0.6 is 0 Å². The summed E-state index contributed by atoms with van der Waals surface area (Å²) in [5, 5.41) is 5.12. The Balaban J connectivity index is 3.22. The molecule has 0 saturated heterocycles. The van der Waals surface area contributed by atoms with Crippen LogP contribution < -0.4 is 0 Å². The van der Waals surface area contributed by atoms with E-state index in [-0.39, 0.29) is 0 Å². The topological polar surface area (TPSA) is 32.7 Å². The van der Waals surface area contributed by atoms with Gasteiger partial charge in [0.1, 0.15) is 0 Å². The van der Waals surface area contributed by atoms with Crippen molar-refractivity contribution in [1.29, 1.82) is 0 Å². The van der Waals surface area contributed by atoms with E-state index in [1.807, 2.05) is 0 Å². The Bertz CT molecular complexity index is 123. The summed E-state index contributed by atoms with van der Waals surface area (Å²) < 4.78 is 0. The number of carbonyl (C=O) groups is 1. The molecule has 11 heavy (non-hydrogen) atoms. The molecule has 0 fully saturated rings. The summed E-state index contributed by atoms with van der Waals surface area (Å²) in [6.07, 6.45) is 7.05. The van der Waals surface area contributed by atoms with E-state index < -0.39 is 0 Å². The van der Waals surface area contributed by atoms with E-state index in [4.69, 9.17) is 0 Å². The third-order valence-corrected chi connectivity index (χ3v) is 1.35. The van der Waals surface area contributed by atoms with E-state index in [9.17, 15) is 4.79 Å². The first-order valence-corrected chi connectivity index (χ1v) is 4.01. The second kappa shape index (κ2) is 7.25. The lowest BCUT2D eigenvalue weighted by Gasteiger charge is -1.99. The van der Waals surface area contributed by atoms with Crippen LogP contribution in [0.5, 0.6) is 0 Å². The minimum atomic E-state index is 0.691. The van der Waals surface area contributed by atoms with Crippen LogP contribution in [0, 0.1) is 0 Å². The van der Waals surface area contributed by atoms with Gasteiger partial charge in [-0.1, -0.05) is 19.8 Å². The summed E-state index contributed by atoms with van der Waals surface area (Å²) in [5.41, 5.74) is 0. The van der Waals surface area contributed by atoms with E-state index in [0.717, 1.165) is 12.8 Å². The number of unbranched alkanes of at least 4 members (excludes halogenated alkanes) is 3. The number of nitrogens with zero attached hydrogens (tertiary/aromatic N) is 2. The highest BCUT2D eigenvalue weighted by molar-refractivity contribution is 5.59. The van der Waals surface area contributed by atoms with Gasteiger partial charge in [-0.2, -0.15) is 5.10 Å². The summed E-state index contributed by atoms with van der Waals surface area (Å²) in [4.78, 5) is 10.0. The fraction of sp³-hybridized carbons (Fsp3) is 0.750. The van der Waals surface area contributed by atoms with Crippen molar-refractivity contribution in [3.05, 3.63) is 0 Å². The molecule has 0 aliphatic rings. The zero-order chi connectivity index (χ0) is 8.53. The average molecular weight is 156 g/mol. The second-order valence-electron chi connectivity index (χ2n) is 2.47. The molecule has 0 atom stereocenters. The van der Waals surface area contributed by atoms with Gasteiger partial charge in [0.2, 0.25) is 6.41 Å². The maximum absolute atomic E-state index is 10.0. The fourth-order valence-corrected chi connectivity index (χ4v) is 0.699. The molecule has 0 bridgehead atoms. The number of rotatable bonds is 6. The Hall–Kier alpha value is -0.860. The lowest BCUT2D eigenvalue weighted by molar-refractivity contribution is -0.116. The molecule has 3 heteroatoms. The first kappa shape index (κ1) is 10.1. The monoisotopic (exact) mass is 156 g/mol. The Morgan fingerprint density at radius 3 is 2.73 bits per heavy atom. The summed E-state index contributed by atoms with van der Waals surface area (Å²) in [6, 6.07) is 0. The second-order valence-corrected chi connectivity index (χ2v) is 2.47.